The van der Waals surface area contributed by atoms with Gasteiger partial charge in [0.25, 0.3) is 0 Å². The van der Waals surface area contributed by atoms with Crippen LogP contribution in [0.2, 0.25) is 0 Å². The van der Waals surface area contributed by atoms with E-state index in [1.54, 1.807) is 12.4 Å². The van der Waals surface area contributed by atoms with E-state index in [0.29, 0.717) is 18.6 Å². The summed E-state index contributed by atoms with van der Waals surface area (Å²) in [5.74, 6) is 13.2. The Balaban J connectivity index is 1.26. The number of rotatable bonds is 10. The van der Waals surface area contributed by atoms with Crippen molar-refractivity contribution in [1.82, 2.24) is 10.3 Å². The van der Waals surface area contributed by atoms with Gasteiger partial charge < -0.3 is 15.2 Å². The number of esters is 1. The van der Waals surface area contributed by atoms with Gasteiger partial charge in [-0.1, -0.05) is 82.8 Å². The van der Waals surface area contributed by atoms with Crippen molar-refractivity contribution in [2.75, 3.05) is 7.11 Å². The first-order chi connectivity index (χ1) is 30.5. The highest BCUT2D eigenvalue weighted by atomic mass is 16.5. The summed E-state index contributed by atoms with van der Waals surface area (Å²) in [6, 6.07) is 10.4. The molecule has 1 aliphatic carbocycles. The van der Waals surface area contributed by atoms with Crippen LogP contribution in [-0.4, -0.2) is 40.3 Å². The predicted molar refractivity (Wildman–Crippen MR) is 255 cm³/mol. The molecule has 6 aliphatic rings. The van der Waals surface area contributed by atoms with Gasteiger partial charge in [0.05, 0.1) is 41.3 Å². The molecule has 2 aromatic rings. The lowest BCUT2D eigenvalue weighted by atomic mass is 9.83. The zero-order chi connectivity index (χ0) is 44.4. The summed E-state index contributed by atoms with van der Waals surface area (Å²) < 4.78 is 5.15. The maximum atomic E-state index is 12.7. The Bertz CT molecular complexity index is 2790. The van der Waals surface area contributed by atoms with Crippen molar-refractivity contribution in [3.8, 4) is 23.7 Å². The number of benzene rings is 1. The molecular formula is C55H57N5O3. The summed E-state index contributed by atoms with van der Waals surface area (Å²) in [7, 11) is 1.44. The quantitative estimate of drug-likeness (QED) is 0.141. The highest BCUT2D eigenvalue weighted by Crippen LogP contribution is 2.48. The summed E-state index contributed by atoms with van der Waals surface area (Å²) in [5.41, 5.74) is 19.1. The minimum Gasteiger partial charge on any atom is -0.511 e. The second-order valence-electron chi connectivity index (χ2n) is 17.1. The molecule has 5 aliphatic heterocycles. The van der Waals surface area contributed by atoms with Crippen LogP contribution in [0.4, 0.5) is 0 Å². The molecule has 320 valence electrons. The number of methoxy groups -OCH3 is 1. The van der Waals surface area contributed by atoms with E-state index >= 15 is 0 Å². The molecule has 0 amide bonds. The second kappa shape index (κ2) is 18.5. The lowest BCUT2D eigenvalue weighted by molar-refractivity contribution is -0.140. The summed E-state index contributed by atoms with van der Waals surface area (Å²) >= 11 is 0. The first-order valence-electron chi connectivity index (χ1n) is 22.7. The van der Waals surface area contributed by atoms with Crippen LogP contribution in [0, 0.1) is 35.5 Å². The van der Waals surface area contributed by atoms with E-state index in [2.05, 4.69) is 112 Å². The maximum absolute atomic E-state index is 12.7. The lowest BCUT2D eigenvalue weighted by Gasteiger charge is -2.19. The highest BCUT2D eigenvalue weighted by molar-refractivity contribution is 6.34. The van der Waals surface area contributed by atoms with Gasteiger partial charge in [-0.3, -0.25) is 9.78 Å². The number of nitrogens with zero attached hydrogens (tertiary/aromatic N) is 4. The third-order valence-electron chi connectivity index (χ3n) is 13.2. The van der Waals surface area contributed by atoms with E-state index in [1.807, 2.05) is 13.0 Å². The van der Waals surface area contributed by atoms with Gasteiger partial charge in [0.2, 0.25) is 0 Å². The van der Waals surface area contributed by atoms with Crippen molar-refractivity contribution >= 4 is 28.7 Å². The van der Waals surface area contributed by atoms with Crippen molar-refractivity contribution in [1.29, 1.82) is 0 Å². The molecule has 1 aromatic heterocycles. The van der Waals surface area contributed by atoms with E-state index in [0.717, 1.165) is 127 Å². The third-order valence-corrected chi connectivity index (χ3v) is 13.2. The zero-order valence-corrected chi connectivity index (χ0v) is 38.0. The van der Waals surface area contributed by atoms with Gasteiger partial charge in [-0.25, -0.2) is 15.0 Å². The second-order valence-corrected chi connectivity index (χ2v) is 17.1. The highest BCUT2D eigenvalue weighted by Gasteiger charge is 2.43. The smallest absolute Gasteiger partial charge is 0.305 e. The molecular weight excluding hydrogens is 779 g/mol. The van der Waals surface area contributed by atoms with E-state index in [1.165, 1.54) is 37.5 Å². The number of aliphatic imine (C=N–C) groups is 3. The Kier molecular flexibility index (Phi) is 12.6. The molecule has 0 radical (unpaired) electrons. The normalized spacial score (nSPS) is 20.0. The number of unbranched alkanes of at least 4 members (excludes halogenated alkanes) is 4. The molecule has 2 N–H and O–H groups in total. The van der Waals surface area contributed by atoms with Gasteiger partial charge in [-0.2, -0.15) is 0 Å². The molecule has 1 fully saturated rings. The van der Waals surface area contributed by atoms with E-state index in [9.17, 15) is 9.90 Å². The molecule has 1 saturated heterocycles. The van der Waals surface area contributed by atoms with Crippen LogP contribution in [0.3, 0.4) is 0 Å². The molecule has 63 heavy (non-hydrogen) atoms. The van der Waals surface area contributed by atoms with E-state index < -0.39 is 0 Å². The number of carbonyl (C=O) groups excluding carboxylic acids is 1. The molecule has 8 rings (SSSR count). The van der Waals surface area contributed by atoms with Crippen LogP contribution in [0.25, 0.3) is 5.57 Å². The molecule has 1 aromatic carbocycles. The Morgan fingerprint density at radius 1 is 0.810 bits per heavy atom. The van der Waals surface area contributed by atoms with Crippen molar-refractivity contribution in [3.63, 3.8) is 0 Å². The molecule has 0 spiro atoms. The molecule has 8 heteroatoms. The van der Waals surface area contributed by atoms with E-state index in [-0.39, 0.29) is 24.2 Å². The Hall–Kier alpha value is -6.51. The number of allylic oxidation sites excluding steroid dienone is 12. The third kappa shape index (κ3) is 8.40. The summed E-state index contributed by atoms with van der Waals surface area (Å²) in [6.07, 6.45) is 16.3. The van der Waals surface area contributed by atoms with Crippen LogP contribution in [0.1, 0.15) is 135 Å². The number of pyridine rings is 1. The molecule has 0 unspecified atom stereocenters. The average Bonchev–Trinajstić information content (AvgIpc) is 4.05. The van der Waals surface area contributed by atoms with Crippen molar-refractivity contribution in [2.24, 2.45) is 26.8 Å². The first-order valence-corrected chi connectivity index (χ1v) is 22.7. The van der Waals surface area contributed by atoms with Gasteiger partial charge in [-0.05, 0) is 110 Å². The summed E-state index contributed by atoms with van der Waals surface area (Å²) in [4.78, 5) is 33.1. The predicted octanol–water partition coefficient (Wildman–Crippen LogP) is 11.7. The molecule has 6 heterocycles. The standard InChI is InChI=1S/C55H57N5O3/c1-9-12-13-14-15-16-17-37-26-38(31-56-30-37)19-18-36-20-22-39(23-21-36)51-52-33(5)41(11-3)47(59-52)28-44-32(4)40(10-2)46(57-44)29-45-35(7)50-48(61)27-43(55(50)58-45)54-42(24-25-49(62)63-8)34(6)53(51)60-54/h20-23,26,28-31,34,42,60-61H,9-15,24-25,27H2,1-8H3/t34-,42-/m0/s1. The molecule has 0 saturated carbocycles. The van der Waals surface area contributed by atoms with Gasteiger partial charge in [0.15, 0.2) is 0 Å². The Morgan fingerprint density at radius 3 is 2.25 bits per heavy atom. The number of hydrogen-bond donors (Lipinski definition) is 2. The fourth-order valence-electron chi connectivity index (χ4n) is 9.68. The minimum absolute atomic E-state index is 0.0448. The topological polar surface area (TPSA) is 109 Å². The van der Waals surface area contributed by atoms with Crippen LogP contribution in [-0.2, 0) is 9.53 Å². The fourth-order valence-corrected chi connectivity index (χ4v) is 9.68. The number of aromatic nitrogens is 1. The van der Waals surface area contributed by atoms with Crippen molar-refractivity contribution < 1.29 is 14.6 Å². The number of aliphatic hydroxyl groups is 1. The van der Waals surface area contributed by atoms with Crippen LogP contribution in [0.5, 0.6) is 0 Å². The monoisotopic (exact) mass is 835 g/mol. The van der Waals surface area contributed by atoms with E-state index in [4.69, 9.17) is 19.7 Å². The van der Waals surface area contributed by atoms with Crippen molar-refractivity contribution in [3.05, 3.63) is 150 Å². The van der Waals surface area contributed by atoms with Crippen LogP contribution in [0.15, 0.2) is 143 Å². The Morgan fingerprint density at radius 2 is 1.52 bits per heavy atom. The van der Waals surface area contributed by atoms with Gasteiger partial charge in [-0.15, -0.1) is 0 Å². The summed E-state index contributed by atoms with van der Waals surface area (Å²) in [6.45, 7) is 15.2. The van der Waals surface area contributed by atoms with Gasteiger partial charge >= 0.3 is 5.97 Å². The Labute approximate surface area is 373 Å². The number of nitrogens with one attached hydrogen (secondary N) is 1. The number of hydrogen-bond acceptors (Lipinski definition) is 8. The maximum Gasteiger partial charge on any atom is 0.305 e. The van der Waals surface area contributed by atoms with Gasteiger partial charge in [0, 0.05) is 88.3 Å². The SMILES string of the molecule is CCCCCCC#Cc1cncc(C#Cc2ccc(C3=C4NC(=C5CC(O)=C6C5=NC(=C6C)C=C5N=C(C=C6N=C3C(C)=C6CC)C(C)=C5CC)[C@@H](CCC(=O)OC)[C@@H]4C)cc2)c1. The molecule has 8 bridgehead atoms. The first kappa shape index (κ1) is 43.2. The zero-order valence-electron chi connectivity index (χ0n) is 38.0. The van der Waals surface area contributed by atoms with Crippen molar-refractivity contribution in [2.45, 2.75) is 113 Å². The molecule has 2 atom stereocenters. The average molecular weight is 836 g/mol. The minimum atomic E-state index is -0.252. The lowest BCUT2D eigenvalue weighted by Crippen LogP contribution is -2.16. The summed E-state index contributed by atoms with van der Waals surface area (Å²) in [5, 5.41) is 15.6. The number of ether oxygens (including phenoxy) is 1. The molecule has 8 nitrogen and oxygen atoms in total. The van der Waals surface area contributed by atoms with Crippen LogP contribution >= 0.6 is 0 Å². The number of fused-ring (bicyclic) bond motifs is 5. The van der Waals surface area contributed by atoms with Crippen LogP contribution < -0.4 is 5.32 Å². The number of carbonyl (C=O) groups is 1. The largest absolute Gasteiger partial charge is 0.511 e. The number of aliphatic hydroxyl groups excluding tert-OH is 1. The fraction of sp³-hybridized carbons (Fsp3) is 0.364. The van der Waals surface area contributed by atoms with Gasteiger partial charge in [0.1, 0.15) is 5.76 Å².